The minimum absolute atomic E-state index is 0.159. The summed E-state index contributed by atoms with van der Waals surface area (Å²) in [7, 11) is 3.17. The van der Waals surface area contributed by atoms with Crippen molar-refractivity contribution in [3.63, 3.8) is 0 Å². The minimum Gasteiger partial charge on any atom is -0.508 e. The van der Waals surface area contributed by atoms with E-state index in [0.29, 0.717) is 28.2 Å². The Morgan fingerprint density at radius 3 is 2.45 bits per heavy atom. The van der Waals surface area contributed by atoms with Gasteiger partial charge in [0, 0.05) is 42.5 Å². The Balaban J connectivity index is 1.54. The second-order valence-corrected chi connectivity index (χ2v) is 9.74. The number of ether oxygens (including phenoxy) is 4. The molecule has 1 spiro atoms. The molecule has 3 aromatic carbocycles. The lowest BCUT2D eigenvalue weighted by Gasteiger charge is -2.43. The molecule has 9 nitrogen and oxygen atoms in total. The largest absolute Gasteiger partial charge is 0.508 e. The van der Waals surface area contributed by atoms with Crippen LogP contribution in [0.15, 0.2) is 84.7 Å². The molecule has 6 rings (SSSR count). The van der Waals surface area contributed by atoms with Gasteiger partial charge in [0.2, 0.25) is 0 Å². The van der Waals surface area contributed by atoms with E-state index >= 15 is 0 Å². The average molecular weight is 540 g/mol. The fraction of sp³-hybridized carbons (Fsp3) is 0.194. The van der Waals surface area contributed by atoms with Crippen LogP contribution >= 0.6 is 0 Å². The minimum atomic E-state index is -1.34. The van der Waals surface area contributed by atoms with Crippen molar-refractivity contribution >= 4 is 29.3 Å². The molecule has 2 heterocycles. The maximum absolute atomic E-state index is 13.3. The van der Waals surface area contributed by atoms with Gasteiger partial charge in [-0.15, -0.1) is 0 Å². The van der Waals surface area contributed by atoms with Gasteiger partial charge in [-0.3, -0.25) is 4.79 Å². The van der Waals surface area contributed by atoms with Crippen molar-refractivity contribution in [3.8, 4) is 11.5 Å². The summed E-state index contributed by atoms with van der Waals surface area (Å²) in [4.78, 5) is 39.3. The summed E-state index contributed by atoms with van der Waals surface area (Å²) in [5.41, 5.74) is 1.98. The molecule has 0 fully saturated rings. The van der Waals surface area contributed by atoms with Crippen molar-refractivity contribution < 1.29 is 38.4 Å². The molecule has 0 bridgehead atoms. The summed E-state index contributed by atoms with van der Waals surface area (Å²) in [6.07, 6.45) is 4.54. The fourth-order valence-corrected chi connectivity index (χ4v) is 5.53. The Morgan fingerprint density at radius 2 is 1.73 bits per heavy atom. The molecule has 0 aromatic heterocycles. The standard InChI is InChI=1S/C31H25NO8/c1-17(33)38-22-10-13-25-28(16-22)39-27-15-20(32(2)19-5-8-21(34)9-6-19)7-12-24(27)31(25)26-14-18(29(35)37-3)4-11-23(26)30(36)40-31/h4-16,22,25,34H,1-3H3. The smallest absolute Gasteiger partial charge is 0.339 e. The first-order chi connectivity index (χ1) is 19.2. The molecule has 202 valence electrons. The predicted molar refractivity (Wildman–Crippen MR) is 143 cm³/mol. The molecular weight excluding hydrogens is 514 g/mol. The van der Waals surface area contributed by atoms with Gasteiger partial charge in [-0.1, -0.05) is 6.08 Å². The summed E-state index contributed by atoms with van der Waals surface area (Å²) in [5.74, 6) is -1.08. The molecule has 3 atom stereocenters. The first-order valence-electron chi connectivity index (χ1n) is 12.6. The third-order valence-electron chi connectivity index (χ3n) is 7.40. The molecule has 9 heteroatoms. The lowest BCUT2D eigenvalue weighted by molar-refractivity contribution is -0.142. The van der Waals surface area contributed by atoms with Gasteiger partial charge in [0.15, 0.2) is 5.60 Å². The highest BCUT2D eigenvalue weighted by Crippen LogP contribution is 2.57. The van der Waals surface area contributed by atoms with E-state index in [2.05, 4.69) is 0 Å². The van der Waals surface area contributed by atoms with Crippen molar-refractivity contribution in [2.75, 3.05) is 19.1 Å². The maximum Gasteiger partial charge on any atom is 0.339 e. The van der Waals surface area contributed by atoms with Crippen LogP contribution < -0.4 is 9.64 Å². The number of carbonyl (C=O) groups is 3. The zero-order valence-corrected chi connectivity index (χ0v) is 21.9. The Labute approximate surface area is 229 Å². The van der Waals surface area contributed by atoms with E-state index in [4.69, 9.17) is 18.9 Å². The number of rotatable bonds is 4. The molecule has 40 heavy (non-hydrogen) atoms. The third kappa shape index (κ3) is 3.89. The number of phenolic OH excluding ortho intramolecular Hbond substituents is 1. The highest BCUT2D eigenvalue weighted by atomic mass is 16.6. The van der Waals surface area contributed by atoms with Gasteiger partial charge in [-0.25, -0.2) is 9.59 Å². The number of benzene rings is 3. The van der Waals surface area contributed by atoms with E-state index in [1.807, 2.05) is 30.1 Å². The number of nitrogens with zero attached hydrogens (tertiary/aromatic N) is 1. The lowest BCUT2D eigenvalue weighted by Crippen LogP contribution is -2.43. The number of anilines is 2. The van der Waals surface area contributed by atoms with Crippen LogP contribution in [0.25, 0.3) is 0 Å². The second-order valence-electron chi connectivity index (χ2n) is 9.74. The molecule has 3 aliphatic rings. The Morgan fingerprint density at radius 1 is 0.975 bits per heavy atom. The molecule has 1 N–H and O–H groups in total. The van der Waals surface area contributed by atoms with Crippen LogP contribution in [0.1, 0.15) is 38.8 Å². The average Bonchev–Trinajstić information content (AvgIpc) is 3.23. The Hall–Kier alpha value is -5.05. The number of aromatic hydroxyl groups is 1. The van der Waals surface area contributed by atoms with Gasteiger partial charge in [0.25, 0.3) is 0 Å². The molecule has 3 unspecified atom stereocenters. The lowest BCUT2D eigenvalue weighted by atomic mass is 9.71. The number of methoxy groups -OCH3 is 1. The summed E-state index contributed by atoms with van der Waals surface area (Å²) in [5, 5.41) is 9.69. The number of fused-ring (bicyclic) bond motifs is 6. The van der Waals surface area contributed by atoms with E-state index in [9.17, 15) is 19.5 Å². The van der Waals surface area contributed by atoms with Crippen LogP contribution in [0.5, 0.6) is 11.5 Å². The zero-order valence-electron chi connectivity index (χ0n) is 21.9. The van der Waals surface area contributed by atoms with E-state index in [0.717, 1.165) is 11.4 Å². The van der Waals surface area contributed by atoms with Crippen molar-refractivity contribution in [1.82, 2.24) is 0 Å². The summed E-state index contributed by atoms with van der Waals surface area (Å²) < 4.78 is 22.9. The summed E-state index contributed by atoms with van der Waals surface area (Å²) >= 11 is 0. The van der Waals surface area contributed by atoms with Crippen LogP contribution in [0.3, 0.4) is 0 Å². The van der Waals surface area contributed by atoms with E-state index < -0.39 is 35.5 Å². The molecule has 0 saturated heterocycles. The summed E-state index contributed by atoms with van der Waals surface area (Å²) in [6.45, 7) is 1.33. The van der Waals surface area contributed by atoms with Crippen LogP contribution in [-0.4, -0.2) is 43.3 Å². The zero-order chi connectivity index (χ0) is 28.2. The van der Waals surface area contributed by atoms with E-state index in [-0.39, 0.29) is 11.3 Å². The van der Waals surface area contributed by atoms with Crippen LogP contribution in [-0.2, 0) is 24.6 Å². The monoisotopic (exact) mass is 539 g/mol. The topological polar surface area (TPSA) is 112 Å². The van der Waals surface area contributed by atoms with Crippen molar-refractivity contribution in [3.05, 3.63) is 107 Å². The summed E-state index contributed by atoms with van der Waals surface area (Å²) in [6, 6.07) is 17.1. The third-order valence-corrected chi connectivity index (χ3v) is 7.40. The van der Waals surface area contributed by atoms with Gasteiger partial charge in [0.05, 0.1) is 24.2 Å². The quantitative estimate of drug-likeness (QED) is 0.285. The highest BCUT2D eigenvalue weighted by molar-refractivity contribution is 5.98. The maximum atomic E-state index is 13.3. The molecule has 0 radical (unpaired) electrons. The van der Waals surface area contributed by atoms with Crippen LogP contribution in [0, 0.1) is 5.92 Å². The molecule has 0 amide bonds. The van der Waals surface area contributed by atoms with Crippen molar-refractivity contribution in [2.45, 2.75) is 18.6 Å². The van der Waals surface area contributed by atoms with Crippen molar-refractivity contribution in [1.29, 1.82) is 0 Å². The van der Waals surface area contributed by atoms with Crippen LogP contribution in [0.2, 0.25) is 0 Å². The number of phenols is 1. The van der Waals surface area contributed by atoms with E-state index in [1.165, 1.54) is 20.1 Å². The van der Waals surface area contributed by atoms with Gasteiger partial charge < -0.3 is 29.0 Å². The highest BCUT2D eigenvalue weighted by Gasteiger charge is 2.58. The number of hydrogen-bond acceptors (Lipinski definition) is 9. The molecular formula is C31H25NO8. The van der Waals surface area contributed by atoms with Gasteiger partial charge in [-0.2, -0.15) is 0 Å². The molecule has 0 saturated carbocycles. The first kappa shape index (κ1) is 25.2. The normalized spacial score (nSPS) is 21.8. The number of carbonyl (C=O) groups excluding carboxylic acids is 3. The van der Waals surface area contributed by atoms with Gasteiger partial charge >= 0.3 is 17.9 Å². The molecule has 1 aliphatic carbocycles. The fourth-order valence-electron chi connectivity index (χ4n) is 5.53. The predicted octanol–water partition coefficient (Wildman–Crippen LogP) is 4.75. The van der Waals surface area contributed by atoms with Crippen LogP contribution in [0.4, 0.5) is 11.4 Å². The number of esters is 3. The Kier molecular flexibility index (Phi) is 5.87. The van der Waals surface area contributed by atoms with Crippen molar-refractivity contribution in [2.24, 2.45) is 5.92 Å². The van der Waals surface area contributed by atoms with E-state index in [1.54, 1.807) is 54.6 Å². The van der Waals surface area contributed by atoms with Gasteiger partial charge in [0.1, 0.15) is 23.4 Å². The molecule has 2 aliphatic heterocycles. The second kappa shape index (κ2) is 9.30. The Bertz CT molecular complexity index is 1620. The van der Waals surface area contributed by atoms with Gasteiger partial charge in [-0.05, 0) is 66.7 Å². The number of hydrogen-bond donors (Lipinski definition) is 1. The SMILES string of the molecule is COC(=O)c1ccc2c(c1)C1(OC2=O)c2ccc(N(C)c3ccc(O)cc3)cc2OC2=CC(OC(C)=O)C=CC21. The first-order valence-corrected chi connectivity index (χ1v) is 12.6. The molecule has 3 aromatic rings.